The van der Waals surface area contributed by atoms with Crippen molar-refractivity contribution in [3.8, 4) is 0 Å². The number of nitrogens with one attached hydrogen (secondary N) is 1. The summed E-state index contributed by atoms with van der Waals surface area (Å²) in [7, 11) is 1.82. The fraction of sp³-hybridized carbons (Fsp3) is 0.429. The molecule has 0 bridgehead atoms. The van der Waals surface area contributed by atoms with Gasteiger partial charge in [0.05, 0.1) is 6.10 Å². The quantitative estimate of drug-likeness (QED) is 0.586. The van der Waals surface area contributed by atoms with Gasteiger partial charge < -0.3 is 9.72 Å². The summed E-state index contributed by atoms with van der Waals surface area (Å²) in [5.41, 5.74) is 4.09. The second kappa shape index (κ2) is 4.39. The van der Waals surface area contributed by atoms with Gasteiger partial charge in [-0.3, -0.25) is 0 Å². The summed E-state index contributed by atoms with van der Waals surface area (Å²) < 4.78 is 5.48. The van der Waals surface area contributed by atoms with E-state index in [0.717, 1.165) is 30.6 Å². The molecule has 1 atom stereocenters. The van der Waals surface area contributed by atoms with E-state index in [1.807, 2.05) is 7.11 Å². The number of H-pyrrole nitrogens is 1. The molecular formula is C14H17NOS. The molecule has 90 valence electrons. The Bertz CT molecular complexity index is 546. The van der Waals surface area contributed by atoms with Crippen molar-refractivity contribution in [2.45, 2.75) is 36.7 Å². The van der Waals surface area contributed by atoms with Crippen LogP contribution >= 0.6 is 12.6 Å². The number of methoxy groups -OCH3 is 1. The average Bonchev–Trinajstić information content (AvgIpc) is 2.53. The standard InChI is InChI=1S/C14H17NOS/c1-16-9-2-5-11-12-6-4-10(17)8-14(12)15-13(11)7-3-9/h4,6,8-9,15,17H,2-3,5,7H2,1H3. The van der Waals surface area contributed by atoms with Gasteiger partial charge in [0, 0.05) is 28.6 Å². The van der Waals surface area contributed by atoms with Crippen LogP contribution in [-0.4, -0.2) is 18.2 Å². The van der Waals surface area contributed by atoms with E-state index in [1.165, 1.54) is 22.2 Å². The zero-order valence-corrected chi connectivity index (χ0v) is 10.9. The predicted octanol–water partition coefficient (Wildman–Crippen LogP) is 3.35. The molecule has 1 aliphatic carbocycles. The van der Waals surface area contributed by atoms with Crippen molar-refractivity contribution in [3.05, 3.63) is 29.5 Å². The van der Waals surface area contributed by atoms with E-state index >= 15 is 0 Å². The van der Waals surface area contributed by atoms with Gasteiger partial charge in [-0.05, 0) is 43.4 Å². The molecule has 1 unspecified atom stereocenters. The Hall–Kier alpha value is -0.930. The largest absolute Gasteiger partial charge is 0.381 e. The molecule has 3 rings (SSSR count). The number of rotatable bonds is 1. The average molecular weight is 247 g/mol. The highest BCUT2D eigenvalue weighted by atomic mass is 32.1. The molecule has 0 saturated heterocycles. The van der Waals surface area contributed by atoms with Crippen LogP contribution in [0.4, 0.5) is 0 Å². The molecule has 1 heterocycles. The topological polar surface area (TPSA) is 25.0 Å². The van der Waals surface area contributed by atoms with Crippen molar-refractivity contribution < 1.29 is 4.74 Å². The molecule has 0 spiro atoms. The van der Waals surface area contributed by atoms with Gasteiger partial charge >= 0.3 is 0 Å². The molecular weight excluding hydrogens is 230 g/mol. The molecule has 3 heteroatoms. The van der Waals surface area contributed by atoms with Crippen LogP contribution < -0.4 is 0 Å². The zero-order chi connectivity index (χ0) is 11.8. The number of aromatic amines is 1. The van der Waals surface area contributed by atoms with Crippen molar-refractivity contribution in [2.75, 3.05) is 7.11 Å². The number of hydrogen-bond acceptors (Lipinski definition) is 2. The maximum absolute atomic E-state index is 5.48. The van der Waals surface area contributed by atoms with Crippen molar-refractivity contribution in [3.63, 3.8) is 0 Å². The van der Waals surface area contributed by atoms with Gasteiger partial charge in [0.2, 0.25) is 0 Å². The summed E-state index contributed by atoms with van der Waals surface area (Å²) in [4.78, 5) is 4.55. The summed E-state index contributed by atoms with van der Waals surface area (Å²) in [6.45, 7) is 0. The lowest BCUT2D eigenvalue weighted by atomic mass is 10.1. The third-order valence-electron chi connectivity index (χ3n) is 3.74. The van der Waals surface area contributed by atoms with Gasteiger partial charge in [-0.15, -0.1) is 12.6 Å². The minimum absolute atomic E-state index is 0.412. The Morgan fingerprint density at radius 1 is 1.29 bits per heavy atom. The molecule has 2 aromatic rings. The van der Waals surface area contributed by atoms with Gasteiger partial charge in [0.15, 0.2) is 0 Å². The summed E-state index contributed by atoms with van der Waals surface area (Å²) >= 11 is 4.39. The third-order valence-corrected chi connectivity index (χ3v) is 4.02. The normalized spacial score (nSPS) is 20.2. The molecule has 1 aromatic heterocycles. The summed E-state index contributed by atoms with van der Waals surface area (Å²) in [6, 6.07) is 6.36. The van der Waals surface area contributed by atoms with Crippen LogP contribution in [0.5, 0.6) is 0 Å². The minimum atomic E-state index is 0.412. The minimum Gasteiger partial charge on any atom is -0.381 e. The van der Waals surface area contributed by atoms with Crippen molar-refractivity contribution in [2.24, 2.45) is 0 Å². The van der Waals surface area contributed by atoms with E-state index in [1.54, 1.807) is 0 Å². The van der Waals surface area contributed by atoms with E-state index in [2.05, 4.69) is 35.8 Å². The van der Waals surface area contributed by atoms with Crippen LogP contribution in [0.1, 0.15) is 24.1 Å². The number of thiol groups is 1. The number of fused-ring (bicyclic) bond motifs is 3. The second-order valence-electron chi connectivity index (χ2n) is 4.75. The first kappa shape index (κ1) is 11.2. The van der Waals surface area contributed by atoms with Crippen molar-refractivity contribution in [1.29, 1.82) is 0 Å². The van der Waals surface area contributed by atoms with E-state index in [-0.39, 0.29) is 0 Å². The van der Waals surface area contributed by atoms with E-state index in [9.17, 15) is 0 Å². The van der Waals surface area contributed by atoms with Gasteiger partial charge in [-0.2, -0.15) is 0 Å². The van der Waals surface area contributed by atoms with Crippen LogP contribution in [0.2, 0.25) is 0 Å². The molecule has 2 nitrogen and oxygen atoms in total. The Labute approximate surface area is 107 Å². The predicted molar refractivity (Wildman–Crippen MR) is 73.0 cm³/mol. The van der Waals surface area contributed by atoms with Crippen molar-refractivity contribution in [1.82, 2.24) is 4.98 Å². The highest BCUT2D eigenvalue weighted by Crippen LogP contribution is 2.30. The number of ether oxygens (including phenoxy) is 1. The number of benzene rings is 1. The Morgan fingerprint density at radius 2 is 2.12 bits per heavy atom. The molecule has 0 radical (unpaired) electrons. The fourth-order valence-corrected chi connectivity index (χ4v) is 2.99. The van der Waals surface area contributed by atoms with Crippen LogP contribution in [0.25, 0.3) is 10.9 Å². The van der Waals surface area contributed by atoms with Crippen LogP contribution in [0.3, 0.4) is 0 Å². The van der Waals surface area contributed by atoms with Crippen LogP contribution in [0, 0.1) is 0 Å². The highest BCUT2D eigenvalue weighted by molar-refractivity contribution is 7.80. The Kier molecular flexibility index (Phi) is 2.89. The molecule has 1 N–H and O–H groups in total. The van der Waals surface area contributed by atoms with E-state index < -0.39 is 0 Å². The summed E-state index contributed by atoms with van der Waals surface area (Å²) in [5.74, 6) is 0. The number of aryl methyl sites for hydroxylation is 2. The van der Waals surface area contributed by atoms with Crippen molar-refractivity contribution >= 4 is 23.5 Å². The smallest absolute Gasteiger partial charge is 0.0578 e. The maximum Gasteiger partial charge on any atom is 0.0578 e. The lowest BCUT2D eigenvalue weighted by Gasteiger charge is -2.10. The molecule has 0 amide bonds. The second-order valence-corrected chi connectivity index (χ2v) is 5.26. The summed E-state index contributed by atoms with van der Waals surface area (Å²) in [5, 5.41) is 1.36. The first-order valence-corrected chi connectivity index (χ1v) is 6.58. The monoisotopic (exact) mass is 247 g/mol. The van der Waals surface area contributed by atoms with Gasteiger partial charge in [-0.1, -0.05) is 6.07 Å². The number of hydrogen-bond donors (Lipinski definition) is 2. The summed E-state index contributed by atoms with van der Waals surface area (Å²) in [6.07, 6.45) is 4.85. The van der Waals surface area contributed by atoms with E-state index in [4.69, 9.17) is 4.74 Å². The highest BCUT2D eigenvalue weighted by Gasteiger charge is 2.19. The van der Waals surface area contributed by atoms with Crippen LogP contribution in [-0.2, 0) is 17.6 Å². The maximum atomic E-state index is 5.48. The molecule has 0 fully saturated rings. The number of aromatic nitrogens is 1. The van der Waals surface area contributed by atoms with E-state index in [0.29, 0.717) is 6.10 Å². The molecule has 1 aromatic carbocycles. The molecule has 0 aliphatic heterocycles. The third kappa shape index (κ3) is 1.98. The van der Waals surface area contributed by atoms with Crippen LogP contribution in [0.15, 0.2) is 23.1 Å². The molecule has 17 heavy (non-hydrogen) atoms. The fourth-order valence-electron chi connectivity index (χ4n) is 2.79. The Balaban J connectivity index is 2.04. The Morgan fingerprint density at radius 3 is 2.94 bits per heavy atom. The van der Waals surface area contributed by atoms with Gasteiger partial charge in [0.25, 0.3) is 0 Å². The first-order chi connectivity index (χ1) is 8.28. The zero-order valence-electron chi connectivity index (χ0n) is 9.99. The molecule has 1 aliphatic rings. The SMILES string of the molecule is COC1CCc2[nH]c3cc(S)ccc3c2CC1. The van der Waals surface area contributed by atoms with Gasteiger partial charge in [0.1, 0.15) is 0 Å². The molecule has 0 saturated carbocycles. The lowest BCUT2D eigenvalue weighted by Crippen LogP contribution is -2.10. The van der Waals surface area contributed by atoms with Gasteiger partial charge in [-0.25, -0.2) is 0 Å². The first-order valence-electron chi connectivity index (χ1n) is 6.13. The lowest BCUT2D eigenvalue weighted by molar-refractivity contribution is 0.0907.